The zero-order valence-electron chi connectivity index (χ0n) is 16.5. The lowest BCUT2D eigenvalue weighted by Crippen LogP contribution is -2.15. The van der Waals surface area contributed by atoms with Gasteiger partial charge in [-0.25, -0.2) is 4.79 Å². The normalized spacial score (nSPS) is 10.3. The summed E-state index contributed by atoms with van der Waals surface area (Å²) in [5, 5.41) is 14.0. The van der Waals surface area contributed by atoms with E-state index in [0.29, 0.717) is 23.7 Å². The largest absolute Gasteiger partial charge is 0.462 e. The van der Waals surface area contributed by atoms with Crippen LogP contribution in [0.1, 0.15) is 38.9 Å². The van der Waals surface area contributed by atoms with Gasteiger partial charge in [-0.05, 0) is 74.4 Å². The van der Waals surface area contributed by atoms with Crippen molar-refractivity contribution < 1.29 is 14.3 Å². The van der Waals surface area contributed by atoms with Gasteiger partial charge in [0.25, 0.3) is 5.91 Å². The van der Waals surface area contributed by atoms with Gasteiger partial charge >= 0.3 is 5.97 Å². The zero-order chi connectivity index (χ0) is 20.8. The average molecular weight is 390 g/mol. The minimum atomic E-state index is -0.400. The summed E-state index contributed by atoms with van der Waals surface area (Å²) < 4.78 is 4.94. The Balaban J connectivity index is 1.64. The SMILES string of the molecule is CCOC(=O)c1ccc(NC(=O)c2ccc(Nc3cccc(C)c3C)nn2)cc1. The van der Waals surface area contributed by atoms with Crippen LogP contribution in [0.2, 0.25) is 0 Å². The van der Waals surface area contributed by atoms with Crippen molar-refractivity contribution in [1.82, 2.24) is 10.2 Å². The van der Waals surface area contributed by atoms with Gasteiger partial charge < -0.3 is 15.4 Å². The number of esters is 1. The number of aromatic nitrogens is 2. The summed E-state index contributed by atoms with van der Waals surface area (Å²) in [5.74, 6) is -0.239. The molecule has 1 amide bonds. The minimum absolute atomic E-state index is 0.186. The van der Waals surface area contributed by atoms with E-state index < -0.39 is 5.97 Å². The number of ether oxygens (including phenoxy) is 1. The first-order valence-electron chi connectivity index (χ1n) is 9.23. The fourth-order valence-corrected chi connectivity index (χ4v) is 2.64. The predicted octanol–water partition coefficient (Wildman–Crippen LogP) is 4.27. The molecule has 3 aromatic rings. The van der Waals surface area contributed by atoms with Gasteiger partial charge in [-0.3, -0.25) is 4.79 Å². The number of benzene rings is 2. The summed E-state index contributed by atoms with van der Waals surface area (Å²) in [6, 6.07) is 15.7. The van der Waals surface area contributed by atoms with Gasteiger partial charge in [-0.15, -0.1) is 10.2 Å². The third-order valence-corrected chi connectivity index (χ3v) is 4.42. The number of hydrogen-bond acceptors (Lipinski definition) is 6. The maximum Gasteiger partial charge on any atom is 0.338 e. The number of anilines is 3. The second-order valence-electron chi connectivity index (χ2n) is 6.43. The molecule has 2 N–H and O–H groups in total. The summed E-state index contributed by atoms with van der Waals surface area (Å²) in [4.78, 5) is 24.0. The van der Waals surface area contributed by atoms with Gasteiger partial charge in [-0.1, -0.05) is 12.1 Å². The molecule has 0 aliphatic rings. The van der Waals surface area contributed by atoms with Crippen molar-refractivity contribution in [2.45, 2.75) is 20.8 Å². The lowest BCUT2D eigenvalue weighted by Gasteiger charge is -2.10. The van der Waals surface area contributed by atoms with Crippen molar-refractivity contribution in [3.05, 3.63) is 77.0 Å². The van der Waals surface area contributed by atoms with E-state index in [1.54, 1.807) is 43.3 Å². The minimum Gasteiger partial charge on any atom is -0.462 e. The number of hydrogen-bond donors (Lipinski definition) is 2. The van der Waals surface area contributed by atoms with Gasteiger partial charge in [0.05, 0.1) is 12.2 Å². The number of carbonyl (C=O) groups excluding carboxylic acids is 2. The first kappa shape index (κ1) is 20.0. The topological polar surface area (TPSA) is 93.2 Å². The smallest absolute Gasteiger partial charge is 0.338 e. The third kappa shape index (κ3) is 4.95. The number of rotatable bonds is 6. The second-order valence-corrected chi connectivity index (χ2v) is 6.43. The Bertz CT molecular complexity index is 1020. The van der Waals surface area contributed by atoms with Crippen LogP contribution in [0.25, 0.3) is 0 Å². The Labute approximate surface area is 169 Å². The zero-order valence-corrected chi connectivity index (χ0v) is 16.5. The van der Waals surface area contributed by atoms with Gasteiger partial charge in [0, 0.05) is 11.4 Å². The van der Waals surface area contributed by atoms with E-state index >= 15 is 0 Å². The van der Waals surface area contributed by atoms with Crippen molar-refractivity contribution in [3.8, 4) is 0 Å². The highest BCUT2D eigenvalue weighted by Gasteiger charge is 2.11. The van der Waals surface area contributed by atoms with E-state index in [1.165, 1.54) is 5.56 Å². The van der Waals surface area contributed by atoms with Crippen LogP contribution in [0.15, 0.2) is 54.6 Å². The van der Waals surface area contributed by atoms with Gasteiger partial charge in [0.1, 0.15) is 0 Å². The molecule has 0 atom stereocenters. The fourth-order valence-electron chi connectivity index (χ4n) is 2.64. The molecule has 2 aromatic carbocycles. The quantitative estimate of drug-likeness (QED) is 0.611. The molecule has 1 aromatic heterocycles. The lowest BCUT2D eigenvalue weighted by molar-refractivity contribution is 0.0526. The molecule has 3 rings (SSSR count). The molecular weight excluding hydrogens is 368 g/mol. The number of nitrogens with one attached hydrogen (secondary N) is 2. The Morgan fingerprint density at radius 3 is 2.38 bits per heavy atom. The van der Waals surface area contributed by atoms with E-state index in [-0.39, 0.29) is 11.6 Å². The van der Waals surface area contributed by atoms with Gasteiger partial charge in [-0.2, -0.15) is 0 Å². The van der Waals surface area contributed by atoms with E-state index in [2.05, 4.69) is 20.8 Å². The first-order valence-corrected chi connectivity index (χ1v) is 9.23. The van der Waals surface area contributed by atoms with Crippen molar-refractivity contribution in [1.29, 1.82) is 0 Å². The molecule has 0 radical (unpaired) electrons. The molecule has 7 heteroatoms. The van der Waals surface area contributed by atoms with Crippen molar-refractivity contribution in [2.24, 2.45) is 0 Å². The number of amides is 1. The summed E-state index contributed by atoms with van der Waals surface area (Å²) in [6.45, 7) is 6.12. The maximum absolute atomic E-state index is 12.4. The number of carbonyl (C=O) groups is 2. The number of nitrogens with zero attached hydrogens (tertiary/aromatic N) is 2. The van der Waals surface area contributed by atoms with Crippen molar-refractivity contribution in [2.75, 3.05) is 17.2 Å². The third-order valence-electron chi connectivity index (χ3n) is 4.42. The molecule has 0 spiro atoms. The Morgan fingerprint density at radius 2 is 1.72 bits per heavy atom. The molecular formula is C22H22N4O3. The summed E-state index contributed by atoms with van der Waals surface area (Å²) >= 11 is 0. The van der Waals surface area contributed by atoms with Crippen LogP contribution in [0.5, 0.6) is 0 Å². The fraction of sp³-hybridized carbons (Fsp3) is 0.182. The van der Waals surface area contributed by atoms with E-state index in [9.17, 15) is 9.59 Å². The van der Waals surface area contributed by atoms with Crippen molar-refractivity contribution >= 4 is 29.1 Å². The van der Waals surface area contributed by atoms with Crippen LogP contribution in [0.3, 0.4) is 0 Å². The van der Waals surface area contributed by atoms with Gasteiger partial charge in [0.15, 0.2) is 11.5 Å². The highest BCUT2D eigenvalue weighted by Crippen LogP contribution is 2.21. The molecule has 0 aliphatic heterocycles. The van der Waals surface area contributed by atoms with E-state index in [1.807, 2.05) is 32.0 Å². The second kappa shape index (κ2) is 8.97. The van der Waals surface area contributed by atoms with Crippen LogP contribution in [0, 0.1) is 13.8 Å². The standard InChI is InChI=1S/C22H22N4O3/c1-4-29-22(28)16-8-10-17(11-9-16)23-21(27)19-12-13-20(26-25-19)24-18-7-5-6-14(2)15(18)3/h5-13H,4H2,1-3H3,(H,23,27)(H,24,26). The molecule has 0 fully saturated rings. The van der Waals surface area contributed by atoms with Crippen LogP contribution >= 0.6 is 0 Å². The van der Waals surface area contributed by atoms with Crippen molar-refractivity contribution in [3.63, 3.8) is 0 Å². The molecule has 0 bridgehead atoms. The summed E-state index contributed by atoms with van der Waals surface area (Å²) in [5.41, 5.74) is 4.40. The average Bonchev–Trinajstić information content (AvgIpc) is 2.72. The lowest BCUT2D eigenvalue weighted by atomic mass is 10.1. The Kier molecular flexibility index (Phi) is 6.19. The van der Waals surface area contributed by atoms with E-state index in [4.69, 9.17) is 4.74 Å². The molecule has 0 unspecified atom stereocenters. The van der Waals surface area contributed by atoms with Crippen LogP contribution < -0.4 is 10.6 Å². The molecule has 0 saturated heterocycles. The van der Waals surface area contributed by atoms with Crippen LogP contribution in [0.4, 0.5) is 17.2 Å². The Morgan fingerprint density at radius 1 is 0.966 bits per heavy atom. The first-order chi connectivity index (χ1) is 14.0. The molecule has 0 saturated carbocycles. The predicted molar refractivity (Wildman–Crippen MR) is 112 cm³/mol. The highest BCUT2D eigenvalue weighted by atomic mass is 16.5. The van der Waals surface area contributed by atoms with Crippen LogP contribution in [-0.4, -0.2) is 28.7 Å². The molecule has 1 heterocycles. The van der Waals surface area contributed by atoms with E-state index in [0.717, 1.165) is 11.3 Å². The maximum atomic E-state index is 12.4. The molecule has 7 nitrogen and oxygen atoms in total. The molecule has 29 heavy (non-hydrogen) atoms. The van der Waals surface area contributed by atoms with Gasteiger partial charge in [0.2, 0.25) is 0 Å². The van der Waals surface area contributed by atoms with Crippen LogP contribution in [-0.2, 0) is 4.74 Å². The Hall–Kier alpha value is -3.74. The summed E-state index contributed by atoms with van der Waals surface area (Å²) in [6.07, 6.45) is 0. The highest BCUT2D eigenvalue weighted by molar-refractivity contribution is 6.03. The number of aryl methyl sites for hydroxylation is 1. The summed E-state index contributed by atoms with van der Waals surface area (Å²) in [7, 11) is 0. The monoisotopic (exact) mass is 390 g/mol. The molecule has 0 aliphatic carbocycles. The molecule has 148 valence electrons.